The summed E-state index contributed by atoms with van der Waals surface area (Å²) in [6.07, 6.45) is 9.90. The quantitative estimate of drug-likeness (QED) is 0.713. The average Bonchev–Trinajstić information content (AvgIpc) is 2.71. The summed E-state index contributed by atoms with van der Waals surface area (Å²) in [4.78, 5) is 12.2. The van der Waals surface area contributed by atoms with E-state index in [0.717, 1.165) is 31.6 Å². The van der Waals surface area contributed by atoms with Gasteiger partial charge in [-0.3, -0.25) is 4.79 Å². The molecule has 2 heteroatoms. The summed E-state index contributed by atoms with van der Waals surface area (Å²) >= 11 is 0. The normalized spacial score (nSPS) is 55.7. The molecule has 1 N–H and O–H groups in total. The highest BCUT2D eigenvalue weighted by Crippen LogP contribution is 2.67. The van der Waals surface area contributed by atoms with Crippen LogP contribution in [0.1, 0.15) is 72.6 Å². The van der Waals surface area contributed by atoms with Gasteiger partial charge in [-0.15, -0.1) is 0 Å². The second-order valence-corrected chi connectivity index (χ2v) is 9.78. The van der Waals surface area contributed by atoms with Gasteiger partial charge in [-0.1, -0.05) is 26.3 Å². The maximum absolute atomic E-state index is 12.2. The SMILES string of the molecule is C[C@@H]1C[C@]2(C)C(=CC1=O)CC[C@H]1[C@@H]3CC[C@](C)(O)[C@@]3(C)CC[C@@H]12. The van der Waals surface area contributed by atoms with Crippen molar-refractivity contribution in [1.29, 1.82) is 0 Å². The third kappa shape index (κ3) is 1.94. The van der Waals surface area contributed by atoms with Crippen molar-refractivity contribution in [2.45, 2.75) is 78.2 Å². The second kappa shape index (κ2) is 4.71. The van der Waals surface area contributed by atoms with Crippen molar-refractivity contribution in [2.24, 2.45) is 34.5 Å². The molecule has 4 aliphatic carbocycles. The lowest BCUT2D eigenvalue weighted by Crippen LogP contribution is -2.54. The van der Waals surface area contributed by atoms with Gasteiger partial charge in [0.1, 0.15) is 0 Å². The van der Waals surface area contributed by atoms with Crippen molar-refractivity contribution in [2.75, 3.05) is 0 Å². The first-order valence-electron chi connectivity index (χ1n) is 9.66. The minimum absolute atomic E-state index is 0.0991. The number of allylic oxidation sites excluding steroid dienone is 1. The number of rotatable bonds is 0. The van der Waals surface area contributed by atoms with Crippen LogP contribution >= 0.6 is 0 Å². The van der Waals surface area contributed by atoms with Crippen LogP contribution in [-0.4, -0.2) is 16.5 Å². The Kier molecular flexibility index (Phi) is 3.25. The summed E-state index contributed by atoms with van der Waals surface area (Å²) in [6, 6.07) is 0. The Morgan fingerprint density at radius 3 is 2.52 bits per heavy atom. The van der Waals surface area contributed by atoms with E-state index in [9.17, 15) is 9.90 Å². The number of carbonyl (C=O) groups excluding carboxylic acids is 1. The molecular formula is C21H32O2. The molecule has 0 aromatic heterocycles. The smallest absolute Gasteiger partial charge is 0.158 e. The van der Waals surface area contributed by atoms with Crippen LogP contribution in [0.3, 0.4) is 0 Å². The standard InChI is InChI=1S/C21H32O2/c1-13-12-19(2)14(11-18(13)22)5-6-15-16(19)7-9-20(3)17(15)8-10-21(20,4)23/h11,13,15-17,23H,5-10,12H2,1-4H3/t13-,15-,16+,17+,19-,20+,21+/m1/s1. The molecule has 0 aliphatic heterocycles. The van der Waals surface area contributed by atoms with E-state index in [1.165, 1.54) is 24.8 Å². The molecule has 0 heterocycles. The van der Waals surface area contributed by atoms with Crippen molar-refractivity contribution in [3.8, 4) is 0 Å². The highest BCUT2D eigenvalue weighted by molar-refractivity contribution is 5.93. The average molecular weight is 316 g/mol. The zero-order valence-corrected chi connectivity index (χ0v) is 15.2. The molecule has 23 heavy (non-hydrogen) atoms. The first-order valence-corrected chi connectivity index (χ1v) is 9.66. The van der Waals surface area contributed by atoms with Crippen LogP contribution < -0.4 is 0 Å². The third-order valence-corrected chi connectivity index (χ3v) is 8.83. The molecule has 0 radical (unpaired) electrons. The lowest BCUT2D eigenvalue weighted by Gasteiger charge is -2.59. The molecule has 3 fully saturated rings. The molecule has 7 atom stereocenters. The van der Waals surface area contributed by atoms with Gasteiger partial charge in [0.05, 0.1) is 5.60 Å². The van der Waals surface area contributed by atoms with Gasteiger partial charge in [0.25, 0.3) is 0 Å². The van der Waals surface area contributed by atoms with E-state index < -0.39 is 5.60 Å². The first-order chi connectivity index (χ1) is 10.7. The van der Waals surface area contributed by atoms with Gasteiger partial charge in [-0.2, -0.15) is 0 Å². The Bertz CT molecular complexity index is 574. The van der Waals surface area contributed by atoms with Gasteiger partial charge < -0.3 is 5.11 Å². The van der Waals surface area contributed by atoms with Crippen LogP contribution in [0.4, 0.5) is 0 Å². The van der Waals surface area contributed by atoms with Gasteiger partial charge in [0.2, 0.25) is 0 Å². The van der Waals surface area contributed by atoms with E-state index in [4.69, 9.17) is 0 Å². The number of hydrogen-bond acceptors (Lipinski definition) is 2. The summed E-state index contributed by atoms with van der Waals surface area (Å²) in [5, 5.41) is 11.0. The number of carbonyl (C=O) groups is 1. The molecule has 0 saturated heterocycles. The molecule has 4 rings (SSSR count). The van der Waals surface area contributed by atoms with E-state index in [1.54, 1.807) is 0 Å². The van der Waals surface area contributed by atoms with Gasteiger partial charge in [-0.05, 0) is 86.5 Å². The van der Waals surface area contributed by atoms with E-state index in [1.807, 2.05) is 6.08 Å². The number of ketones is 1. The number of aliphatic hydroxyl groups is 1. The second-order valence-electron chi connectivity index (χ2n) is 9.78. The Labute approximate surface area is 140 Å². The Hall–Kier alpha value is -0.630. The van der Waals surface area contributed by atoms with Crippen LogP contribution in [0.25, 0.3) is 0 Å². The maximum atomic E-state index is 12.2. The highest BCUT2D eigenvalue weighted by Gasteiger charge is 2.62. The molecule has 3 saturated carbocycles. The zero-order valence-electron chi connectivity index (χ0n) is 15.2. The zero-order chi connectivity index (χ0) is 16.6. The topological polar surface area (TPSA) is 37.3 Å². The van der Waals surface area contributed by atoms with Crippen LogP contribution in [-0.2, 0) is 4.79 Å². The van der Waals surface area contributed by atoms with Crippen molar-refractivity contribution < 1.29 is 9.90 Å². The van der Waals surface area contributed by atoms with E-state index in [-0.39, 0.29) is 16.7 Å². The van der Waals surface area contributed by atoms with Crippen LogP contribution in [0, 0.1) is 34.5 Å². The Morgan fingerprint density at radius 2 is 1.78 bits per heavy atom. The predicted molar refractivity (Wildman–Crippen MR) is 91.9 cm³/mol. The molecule has 0 bridgehead atoms. The lowest BCUT2D eigenvalue weighted by atomic mass is 9.46. The fraction of sp³-hybridized carbons (Fsp3) is 0.857. The Morgan fingerprint density at radius 1 is 1.09 bits per heavy atom. The van der Waals surface area contributed by atoms with E-state index in [2.05, 4.69) is 27.7 Å². The summed E-state index contributed by atoms with van der Waals surface area (Å²) in [6.45, 7) is 8.97. The highest BCUT2D eigenvalue weighted by atomic mass is 16.3. The van der Waals surface area contributed by atoms with Gasteiger partial charge >= 0.3 is 0 Å². The van der Waals surface area contributed by atoms with Crippen molar-refractivity contribution in [3.63, 3.8) is 0 Å². The van der Waals surface area contributed by atoms with Crippen molar-refractivity contribution in [1.82, 2.24) is 0 Å². The van der Waals surface area contributed by atoms with Gasteiger partial charge in [0, 0.05) is 5.92 Å². The molecule has 2 nitrogen and oxygen atoms in total. The molecular weight excluding hydrogens is 284 g/mol. The minimum Gasteiger partial charge on any atom is -0.390 e. The van der Waals surface area contributed by atoms with E-state index in [0.29, 0.717) is 17.6 Å². The fourth-order valence-corrected chi connectivity index (χ4v) is 7.14. The fourth-order valence-electron chi connectivity index (χ4n) is 7.14. The molecule has 0 unspecified atom stereocenters. The van der Waals surface area contributed by atoms with Crippen LogP contribution in [0.2, 0.25) is 0 Å². The molecule has 0 aromatic carbocycles. The summed E-state index contributed by atoms with van der Waals surface area (Å²) < 4.78 is 0. The number of hydrogen-bond donors (Lipinski definition) is 1. The van der Waals surface area contributed by atoms with Gasteiger partial charge in [-0.25, -0.2) is 0 Å². The van der Waals surface area contributed by atoms with Crippen molar-refractivity contribution >= 4 is 5.78 Å². The van der Waals surface area contributed by atoms with Crippen LogP contribution in [0.5, 0.6) is 0 Å². The molecule has 0 aromatic rings. The monoisotopic (exact) mass is 316 g/mol. The summed E-state index contributed by atoms with van der Waals surface area (Å²) in [5.74, 6) is 2.65. The molecule has 128 valence electrons. The summed E-state index contributed by atoms with van der Waals surface area (Å²) in [5.41, 5.74) is 1.28. The molecule has 0 amide bonds. The molecule has 4 aliphatic rings. The van der Waals surface area contributed by atoms with Gasteiger partial charge in [0.15, 0.2) is 5.78 Å². The Balaban J connectivity index is 1.70. The predicted octanol–water partition coefficient (Wildman–Crippen LogP) is 4.52. The largest absolute Gasteiger partial charge is 0.390 e. The number of fused-ring (bicyclic) bond motifs is 5. The summed E-state index contributed by atoms with van der Waals surface area (Å²) in [7, 11) is 0. The van der Waals surface area contributed by atoms with Crippen LogP contribution in [0.15, 0.2) is 11.6 Å². The lowest BCUT2D eigenvalue weighted by molar-refractivity contribution is -0.128. The minimum atomic E-state index is -0.491. The molecule has 0 spiro atoms. The van der Waals surface area contributed by atoms with E-state index >= 15 is 0 Å². The first kappa shape index (κ1) is 15.9. The maximum Gasteiger partial charge on any atom is 0.158 e. The van der Waals surface area contributed by atoms with Crippen molar-refractivity contribution in [3.05, 3.63) is 11.6 Å². The third-order valence-electron chi connectivity index (χ3n) is 8.83.